The molecule has 3 aromatic rings. The van der Waals surface area contributed by atoms with Crippen LogP contribution in [0.5, 0.6) is 0 Å². The number of aromatic nitrogens is 2. The number of aryl methyl sites for hydroxylation is 1. The highest BCUT2D eigenvalue weighted by molar-refractivity contribution is 8.12. The summed E-state index contributed by atoms with van der Waals surface area (Å²) in [4.78, 5) is 17.6. The van der Waals surface area contributed by atoms with E-state index in [9.17, 15) is 4.79 Å². The second-order valence-electron chi connectivity index (χ2n) is 5.16. The van der Waals surface area contributed by atoms with Gasteiger partial charge in [-0.2, -0.15) is 0 Å². The minimum Gasteiger partial charge on any atom is -0.282 e. The molecule has 0 aliphatic heterocycles. The van der Waals surface area contributed by atoms with Crippen molar-refractivity contribution < 1.29 is 5.41 Å². The summed E-state index contributed by atoms with van der Waals surface area (Å²) >= 11 is 1.27. The molecule has 4 N–H and O–H groups in total. The fourth-order valence-electron chi connectivity index (χ4n) is 2.49. The van der Waals surface area contributed by atoms with Gasteiger partial charge in [0.15, 0.2) is 0 Å². The lowest BCUT2D eigenvalue weighted by molar-refractivity contribution is -0.110. The van der Waals surface area contributed by atoms with Gasteiger partial charge in [-0.1, -0.05) is 30.3 Å². The standard InChI is InChI=1S/C17H16N4OS/c1-11-6-2-5-9-14(11)21-15(10-23-17(18)19)20-13-8-4-3-7-12(13)16(21)22/h2-9H,10H2,1H3,(H3,18,19)/p+1. The van der Waals surface area contributed by atoms with Gasteiger partial charge in [-0.15, -0.1) is 0 Å². The van der Waals surface area contributed by atoms with Crippen LogP contribution in [0.1, 0.15) is 11.4 Å². The van der Waals surface area contributed by atoms with E-state index in [1.807, 2.05) is 49.4 Å². The number of benzene rings is 2. The monoisotopic (exact) mass is 325 g/mol. The summed E-state index contributed by atoms with van der Waals surface area (Å²) in [6.07, 6.45) is 0. The quantitative estimate of drug-likeness (QED) is 0.556. The normalized spacial score (nSPS) is 10.8. The maximum Gasteiger partial charge on any atom is 0.300 e. The van der Waals surface area contributed by atoms with E-state index in [0.29, 0.717) is 22.5 Å². The van der Waals surface area contributed by atoms with Crippen LogP contribution in [-0.2, 0) is 5.75 Å². The molecule has 5 nitrogen and oxygen atoms in total. The Kier molecular flexibility index (Phi) is 4.16. The van der Waals surface area contributed by atoms with Crippen molar-refractivity contribution in [3.05, 3.63) is 70.3 Å². The molecule has 3 rings (SSSR count). The first-order valence-electron chi connectivity index (χ1n) is 7.15. The van der Waals surface area contributed by atoms with Gasteiger partial charge in [0.1, 0.15) is 5.82 Å². The first kappa shape index (κ1) is 15.3. The maximum absolute atomic E-state index is 13.0. The van der Waals surface area contributed by atoms with E-state index in [1.54, 1.807) is 10.6 Å². The number of nitrogens with zero attached hydrogens (tertiary/aromatic N) is 2. The van der Waals surface area contributed by atoms with Crippen molar-refractivity contribution >= 4 is 27.8 Å². The summed E-state index contributed by atoms with van der Waals surface area (Å²) in [6, 6.07) is 15.1. The first-order valence-corrected chi connectivity index (χ1v) is 8.14. The van der Waals surface area contributed by atoms with Crippen molar-refractivity contribution in [1.82, 2.24) is 9.55 Å². The van der Waals surface area contributed by atoms with Gasteiger partial charge in [0.05, 0.1) is 22.3 Å². The zero-order valence-electron chi connectivity index (χ0n) is 12.7. The summed E-state index contributed by atoms with van der Waals surface area (Å²) in [5.41, 5.74) is 7.96. The molecule has 0 spiro atoms. The molecule has 2 aromatic carbocycles. The molecule has 1 aromatic heterocycles. The molecule has 0 fully saturated rings. The van der Waals surface area contributed by atoms with Crippen molar-refractivity contribution in [2.45, 2.75) is 12.7 Å². The van der Waals surface area contributed by atoms with Crippen LogP contribution < -0.4 is 16.7 Å². The minimum atomic E-state index is -0.0870. The minimum absolute atomic E-state index is 0.0870. The topological polar surface area (TPSA) is 86.5 Å². The van der Waals surface area contributed by atoms with E-state index >= 15 is 0 Å². The van der Waals surface area contributed by atoms with Gasteiger partial charge in [0.25, 0.3) is 10.7 Å². The molecule has 0 aliphatic carbocycles. The lowest BCUT2D eigenvalue weighted by Gasteiger charge is -2.14. The summed E-state index contributed by atoms with van der Waals surface area (Å²) in [5.74, 6) is 1.05. The molecular formula is C17H17N4OS+. The van der Waals surface area contributed by atoms with Crippen LogP contribution >= 0.6 is 11.8 Å². The van der Waals surface area contributed by atoms with Gasteiger partial charge in [-0.3, -0.25) is 20.5 Å². The highest BCUT2D eigenvalue weighted by Gasteiger charge is 2.15. The SMILES string of the molecule is Cc1ccccc1-n1c(CSC(N)=[NH2+])nc2ccccc2c1=O. The Morgan fingerprint density at radius 2 is 1.91 bits per heavy atom. The third-order valence-corrected chi connectivity index (χ3v) is 4.31. The largest absolute Gasteiger partial charge is 0.300 e. The number of para-hydroxylation sites is 2. The molecule has 116 valence electrons. The van der Waals surface area contributed by atoms with E-state index in [-0.39, 0.29) is 10.7 Å². The van der Waals surface area contributed by atoms with Gasteiger partial charge in [0, 0.05) is 0 Å². The number of nitrogens with two attached hydrogens (primary N) is 2. The Morgan fingerprint density at radius 1 is 1.22 bits per heavy atom. The first-order chi connectivity index (χ1) is 11.1. The third kappa shape index (κ3) is 2.98. The molecule has 0 bridgehead atoms. The van der Waals surface area contributed by atoms with Crippen LogP contribution in [0.15, 0.2) is 53.3 Å². The molecule has 0 atom stereocenters. The molecule has 6 heteroatoms. The van der Waals surface area contributed by atoms with Crippen LogP contribution in [0.25, 0.3) is 16.6 Å². The molecule has 1 heterocycles. The fraction of sp³-hybridized carbons (Fsp3) is 0.118. The van der Waals surface area contributed by atoms with E-state index in [0.717, 1.165) is 11.3 Å². The zero-order valence-corrected chi connectivity index (χ0v) is 13.5. The van der Waals surface area contributed by atoms with Crippen LogP contribution in [0.2, 0.25) is 0 Å². The summed E-state index contributed by atoms with van der Waals surface area (Å²) in [6.45, 7) is 1.97. The molecular weight excluding hydrogens is 308 g/mol. The number of thioether (sulfide) groups is 1. The van der Waals surface area contributed by atoms with Crippen LogP contribution in [-0.4, -0.2) is 14.7 Å². The van der Waals surface area contributed by atoms with E-state index in [4.69, 9.17) is 11.1 Å². The highest BCUT2D eigenvalue weighted by atomic mass is 32.2. The van der Waals surface area contributed by atoms with Crippen molar-refractivity contribution in [3.8, 4) is 5.69 Å². The number of fused-ring (bicyclic) bond motifs is 1. The molecule has 23 heavy (non-hydrogen) atoms. The van der Waals surface area contributed by atoms with Crippen molar-refractivity contribution in [3.63, 3.8) is 0 Å². The number of hydrogen-bond acceptors (Lipinski definition) is 3. The fourth-order valence-corrected chi connectivity index (χ4v) is 2.98. The molecule has 0 unspecified atom stereocenters. The van der Waals surface area contributed by atoms with Crippen molar-refractivity contribution in [2.24, 2.45) is 5.73 Å². The second kappa shape index (κ2) is 6.26. The van der Waals surface area contributed by atoms with Gasteiger partial charge in [-0.25, -0.2) is 4.98 Å². The van der Waals surface area contributed by atoms with Crippen molar-refractivity contribution in [2.75, 3.05) is 0 Å². The predicted molar refractivity (Wildman–Crippen MR) is 94.5 cm³/mol. The Labute approximate surface area is 137 Å². The summed E-state index contributed by atoms with van der Waals surface area (Å²) in [5, 5.41) is 6.40. The number of amidine groups is 1. The highest BCUT2D eigenvalue weighted by Crippen LogP contribution is 2.18. The number of hydrogen-bond donors (Lipinski definition) is 2. The molecule has 0 radical (unpaired) electrons. The van der Waals surface area contributed by atoms with Gasteiger partial charge < -0.3 is 0 Å². The van der Waals surface area contributed by atoms with E-state index < -0.39 is 0 Å². The average Bonchev–Trinajstić information content (AvgIpc) is 2.54. The van der Waals surface area contributed by atoms with Crippen LogP contribution in [0.3, 0.4) is 0 Å². The molecule has 0 saturated heterocycles. The average molecular weight is 325 g/mol. The predicted octanol–water partition coefficient (Wildman–Crippen LogP) is 1.00. The van der Waals surface area contributed by atoms with Gasteiger partial charge in [-0.05, 0) is 42.4 Å². The van der Waals surface area contributed by atoms with Crippen molar-refractivity contribution in [1.29, 1.82) is 0 Å². The van der Waals surface area contributed by atoms with Crippen LogP contribution in [0, 0.1) is 6.92 Å². The third-order valence-electron chi connectivity index (χ3n) is 3.57. The Hall–Kier alpha value is -2.60. The molecule has 0 saturated carbocycles. The lowest BCUT2D eigenvalue weighted by atomic mass is 10.2. The van der Waals surface area contributed by atoms with E-state index in [1.165, 1.54) is 11.8 Å². The summed E-state index contributed by atoms with van der Waals surface area (Å²) in [7, 11) is 0. The molecule has 0 aliphatic rings. The Morgan fingerprint density at radius 3 is 2.65 bits per heavy atom. The smallest absolute Gasteiger partial charge is 0.282 e. The van der Waals surface area contributed by atoms with E-state index in [2.05, 4.69) is 4.98 Å². The maximum atomic E-state index is 13.0. The Bertz CT molecular complexity index is 949. The van der Waals surface area contributed by atoms with Gasteiger partial charge >= 0.3 is 0 Å². The summed E-state index contributed by atoms with van der Waals surface area (Å²) < 4.78 is 1.65. The zero-order chi connectivity index (χ0) is 16.4. The lowest BCUT2D eigenvalue weighted by Crippen LogP contribution is -2.43. The van der Waals surface area contributed by atoms with Gasteiger partial charge in [0.2, 0.25) is 0 Å². The second-order valence-corrected chi connectivity index (χ2v) is 6.21. The Balaban J connectivity index is 2.30. The number of rotatable bonds is 3. The molecule has 0 amide bonds. The van der Waals surface area contributed by atoms with Crippen LogP contribution in [0.4, 0.5) is 0 Å².